The summed E-state index contributed by atoms with van der Waals surface area (Å²) in [5.41, 5.74) is 2.22. The average Bonchev–Trinajstić information content (AvgIpc) is 3.15. The summed E-state index contributed by atoms with van der Waals surface area (Å²) in [6.07, 6.45) is 3.71. The molecule has 1 saturated carbocycles. The molecule has 0 spiro atoms. The largest absolute Gasteiger partial charge is 0.497 e. The topological polar surface area (TPSA) is 34.1 Å². The molecule has 0 amide bonds. The van der Waals surface area contributed by atoms with Gasteiger partial charge in [-0.2, -0.15) is 0 Å². The van der Waals surface area contributed by atoms with E-state index in [0.29, 0.717) is 0 Å². The van der Waals surface area contributed by atoms with Gasteiger partial charge in [0.2, 0.25) is 0 Å². The van der Waals surface area contributed by atoms with Crippen molar-refractivity contribution in [3.63, 3.8) is 0 Å². The van der Waals surface area contributed by atoms with E-state index in [9.17, 15) is 0 Å². The molecular formula is C15H18N2OS. The standard InChI is InChI=1S/C15H18N2OS/c1-18-13-6-2-11(3-7-13)14-10-19-15(17-14)8-9-16-12-4-5-12/h2-3,6-7,10,12,16H,4-5,8-9H2,1H3. The highest BCUT2D eigenvalue weighted by Gasteiger charge is 2.19. The van der Waals surface area contributed by atoms with E-state index in [-0.39, 0.29) is 0 Å². The highest BCUT2D eigenvalue weighted by molar-refractivity contribution is 7.09. The minimum absolute atomic E-state index is 0.779. The Hall–Kier alpha value is -1.39. The first-order chi connectivity index (χ1) is 9.35. The molecule has 1 aliphatic rings. The Morgan fingerprint density at radius 1 is 1.32 bits per heavy atom. The molecule has 0 unspecified atom stereocenters. The monoisotopic (exact) mass is 274 g/mol. The number of hydrogen-bond acceptors (Lipinski definition) is 4. The molecule has 19 heavy (non-hydrogen) atoms. The van der Waals surface area contributed by atoms with Crippen LogP contribution in [0, 0.1) is 0 Å². The summed E-state index contributed by atoms with van der Waals surface area (Å²) >= 11 is 1.74. The van der Waals surface area contributed by atoms with Crippen molar-refractivity contribution in [3.8, 4) is 17.0 Å². The molecule has 0 saturated heterocycles. The first-order valence-corrected chi connectivity index (χ1v) is 7.55. The third kappa shape index (κ3) is 3.33. The van der Waals surface area contributed by atoms with Crippen molar-refractivity contribution in [2.45, 2.75) is 25.3 Å². The summed E-state index contributed by atoms with van der Waals surface area (Å²) in [7, 11) is 1.68. The lowest BCUT2D eigenvalue weighted by atomic mass is 10.2. The molecule has 0 bridgehead atoms. The van der Waals surface area contributed by atoms with Crippen LogP contribution in [-0.2, 0) is 6.42 Å². The molecule has 0 aliphatic heterocycles. The van der Waals surface area contributed by atoms with E-state index < -0.39 is 0 Å². The van der Waals surface area contributed by atoms with E-state index >= 15 is 0 Å². The lowest BCUT2D eigenvalue weighted by Gasteiger charge is -2.01. The smallest absolute Gasteiger partial charge is 0.118 e. The van der Waals surface area contributed by atoms with Crippen LogP contribution in [0.15, 0.2) is 29.6 Å². The predicted octanol–water partition coefficient (Wildman–Crippen LogP) is 3.11. The fourth-order valence-electron chi connectivity index (χ4n) is 1.99. The van der Waals surface area contributed by atoms with Gasteiger partial charge in [-0.05, 0) is 37.1 Å². The molecule has 1 fully saturated rings. The van der Waals surface area contributed by atoms with Crippen LogP contribution < -0.4 is 10.1 Å². The van der Waals surface area contributed by atoms with Crippen LogP contribution in [0.3, 0.4) is 0 Å². The van der Waals surface area contributed by atoms with Crippen LogP contribution in [0.25, 0.3) is 11.3 Å². The minimum Gasteiger partial charge on any atom is -0.497 e. The van der Waals surface area contributed by atoms with Crippen LogP contribution in [0.4, 0.5) is 0 Å². The Kier molecular flexibility index (Phi) is 3.80. The maximum absolute atomic E-state index is 5.17. The summed E-state index contributed by atoms with van der Waals surface area (Å²) in [4.78, 5) is 4.69. The first kappa shape index (κ1) is 12.6. The van der Waals surface area contributed by atoms with Gasteiger partial charge in [0.15, 0.2) is 0 Å². The zero-order chi connectivity index (χ0) is 13.1. The van der Waals surface area contributed by atoms with Crippen LogP contribution in [-0.4, -0.2) is 24.7 Å². The Balaban J connectivity index is 1.61. The number of ether oxygens (including phenoxy) is 1. The number of methoxy groups -OCH3 is 1. The summed E-state index contributed by atoms with van der Waals surface area (Å²) in [6, 6.07) is 8.84. The van der Waals surface area contributed by atoms with Crippen molar-refractivity contribution in [1.29, 1.82) is 0 Å². The molecule has 3 nitrogen and oxygen atoms in total. The number of nitrogens with one attached hydrogen (secondary N) is 1. The van der Waals surface area contributed by atoms with Crippen LogP contribution >= 0.6 is 11.3 Å². The van der Waals surface area contributed by atoms with Gasteiger partial charge in [0, 0.05) is 30.0 Å². The van der Waals surface area contributed by atoms with Gasteiger partial charge in [-0.15, -0.1) is 11.3 Å². The highest BCUT2D eigenvalue weighted by Crippen LogP contribution is 2.24. The van der Waals surface area contributed by atoms with Gasteiger partial charge in [-0.25, -0.2) is 4.98 Å². The van der Waals surface area contributed by atoms with Gasteiger partial charge in [-0.1, -0.05) is 0 Å². The van der Waals surface area contributed by atoms with Crippen molar-refractivity contribution in [3.05, 3.63) is 34.7 Å². The van der Waals surface area contributed by atoms with Crippen molar-refractivity contribution >= 4 is 11.3 Å². The maximum Gasteiger partial charge on any atom is 0.118 e. The Bertz CT molecular complexity index is 531. The minimum atomic E-state index is 0.779. The number of thiazole rings is 1. The lowest BCUT2D eigenvalue weighted by Crippen LogP contribution is -2.19. The molecule has 1 aliphatic carbocycles. The summed E-state index contributed by atoms with van der Waals surface area (Å²) in [5.74, 6) is 0.882. The molecule has 3 rings (SSSR count). The third-order valence-corrected chi connectivity index (χ3v) is 4.20. The molecule has 0 radical (unpaired) electrons. The van der Waals surface area contributed by atoms with Crippen LogP contribution in [0.2, 0.25) is 0 Å². The third-order valence-electron chi connectivity index (χ3n) is 3.29. The fourth-order valence-corrected chi connectivity index (χ4v) is 2.80. The zero-order valence-corrected chi connectivity index (χ0v) is 11.9. The normalized spacial score (nSPS) is 14.6. The van der Waals surface area contributed by atoms with Crippen LogP contribution in [0.1, 0.15) is 17.8 Å². The van der Waals surface area contributed by atoms with E-state index in [2.05, 4.69) is 22.8 Å². The second-order valence-corrected chi connectivity index (χ2v) is 5.78. The zero-order valence-electron chi connectivity index (χ0n) is 11.1. The van der Waals surface area contributed by atoms with E-state index in [1.807, 2.05) is 12.1 Å². The van der Waals surface area contributed by atoms with Gasteiger partial charge in [0.1, 0.15) is 5.75 Å². The molecule has 1 heterocycles. The van der Waals surface area contributed by atoms with Gasteiger partial charge in [0.05, 0.1) is 17.8 Å². The van der Waals surface area contributed by atoms with E-state index in [1.54, 1.807) is 18.4 Å². The van der Waals surface area contributed by atoms with Crippen LogP contribution in [0.5, 0.6) is 5.75 Å². The van der Waals surface area contributed by atoms with Crippen molar-refractivity contribution in [2.24, 2.45) is 0 Å². The first-order valence-electron chi connectivity index (χ1n) is 6.67. The number of hydrogen-bond donors (Lipinski definition) is 1. The molecule has 0 atom stereocenters. The summed E-state index contributed by atoms with van der Waals surface area (Å²) in [5, 5.41) is 6.86. The highest BCUT2D eigenvalue weighted by atomic mass is 32.1. The van der Waals surface area contributed by atoms with Gasteiger partial charge in [-0.3, -0.25) is 0 Å². The molecule has 100 valence electrons. The quantitative estimate of drug-likeness (QED) is 0.879. The number of nitrogens with zero attached hydrogens (tertiary/aromatic N) is 1. The molecule has 1 aromatic heterocycles. The molecule has 1 aromatic carbocycles. The summed E-state index contributed by atoms with van der Waals surface area (Å²) < 4.78 is 5.17. The number of aromatic nitrogens is 1. The molecule has 1 N–H and O–H groups in total. The molecule has 2 aromatic rings. The van der Waals surface area contributed by atoms with Gasteiger partial charge in [0.25, 0.3) is 0 Å². The van der Waals surface area contributed by atoms with Crippen molar-refractivity contribution < 1.29 is 4.74 Å². The second-order valence-electron chi connectivity index (χ2n) is 4.83. The van der Waals surface area contributed by atoms with Crippen molar-refractivity contribution in [1.82, 2.24) is 10.3 Å². The average molecular weight is 274 g/mol. The van der Waals surface area contributed by atoms with Crippen molar-refractivity contribution in [2.75, 3.05) is 13.7 Å². The number of rotatable bonds is 6. The Morgan fingerprint density at radius 2 is 2.11 bits per heavy atom. The van der Waals surface area contributed by atoms with E-state index in [0.717, 1.165) is 36.0 Å². The van der Waals surface area contributed by atoms with E-state index in [1.165, 1.54) is 17.8 Å². The second kappa shape index (κ2) is 5.72. The molecular weight excluding hydrogens is 256 g/mol. The SMILES string of the molecule is COc1ccc(-c2csc(CCNC3CC3)n2)cc1. The van der Waals surface area contributed by atoms with Gasteiger partial charge < -0.3 is 10.1 Å². The Morgan fingerprint density at radius 3 is 2.79 bits per heavy atom. The number of benzene rings is 1. The lowest BCUT2D eigenvalue weighted by molar-refractivity contribution is 0.415. The van der Waals surface area contributed by atoms with E-state index in [4.69, 9.17) is 9.72 Å². The predicted molar refractivity (Wildman–Crippen MR) is 78.8 cm³/mol. The van der Waals surface area contributed by atoms with Gasteiger partial charge >= 0.3 is 0 Å². The maximum atomic E-state index is 5.17. The summed E-state index contributed by atoms with van der Waals surface area (Å²) in [6.45, 7) is 1.04. The fraction of sp³-hybridized carbons (Fsp3) is 0.400. The Labute approximate surface area is 117 Å². The molecule has 4 heteroatoms.